The summed E-state index contributed by atoms with van der Waals surface area (Å²) in [4.78, 5) is 13.3. The van der Waals surface area contributed by atoms with Crippen molar-refractivity contribution in [3.63, 3.8) is 0 Å². The van der Waals surface area contributed by atoms with Crippen LogP contribution in [0.1, 0.15) is 17.2 Å². The van der Waals surface area contributed by atoms with E-state index in [9.17, 15) is 4.79 Å². The van der Waals surface area contributed by atoms with Gasteiger partial charge in [-0.2, -0.15) is 0 Å². The van der Waals surface area contributed by atoms with E-state index in [0.29, 0.717) is 11.6 Å². The summed E-state index contributed by atoms with van der Waals surface area (Å²) in [5.74, 6) is -0.104. The number of halogens is 1. The van der Waals surface area contributed by atoms with Crippen molar-refractivity contribution in [2.24, 2.45) is 0 Å². The number of quaternary nitrogens is 1. The van der Waals surface area contributed by atoms with Crippen LogP contribution < -0.4 is 10.2 Å². The molecule has 0 saturated heterocycles. The predicted molar refractivity (Wildman–Crippen MR) is 95.5 cm³/mol. The average Bonchev–Trinajstić information content (AvgIpc) is 2.54. The Hall–Kier alpha value is -2.10. The van der Waals surface area contributed by atoms with Gasteiger partial charge in [0.05, 0.1) is 20.6 Å². The van der Waals surface area contributed by atoms with Crippen LogP contribution in [0.3, 0.4) is 0 Å². The highest BCUT2D eigenvalue weighted by Crippen LogP contribution is 2.12. The molecule has 4 heteroatoms. The maximum absolute atomic E-state index is 12.0. The third kappa shape index (κ3) is 5.55. The van der Waals surface area contributed by atoms with Crippen LogP contribution in [0.25, 0.3) is 6.08 Å². The molecule has 0 aromatic heterocycles. The Morgan fingerprint density at radius 1 is 1.17 bits per heavy atom. The molecule has 2 aromatic carbocycles. The highest BCUT2D eigenvalue weighted by Gasteiger charge is 2.17. The fourth-order valence-electron chi connectivity index (χ4n) is 2.38. The molecular formula is C19H22ClN2O+. The molecule has 0 fully saturated rings. The molecule has 1 amide bonds. The number of carbonyl (C=O) groups is 1. The van der Waals surface area contributed by atoms with Crippen molar-refractivity contribution < 1.29 is 9.69 Å². The summed E-state index contributed by atoms with van der Waals surface area (Å²) < 4.78 is 0. The van der Waals surface area contributed by atoms with Crippen molar-refractivity contribution in [3.05, 3.63) is 76.8 Å². The SMILES string of the molecule is C[NH+](C)[C@@H](CNC(=O)/C=C/c1cccc(Cl)c1)c1ccccc1. The topological polar surface area (TPSA) is 33.5 Å². The molecule has 0 bridgehead atoms. The van der Waals surface area contributed by atoms with E-state index in [1.54, 1.807) is 12.2 Å². The maximum Gasteiger partial charge on any atom is 0.244 e. The number of rotatable bonds is 6. The lowest BCUT2D eigenvalue weighted by Crippen LogP contribution is -3.07. The first-order valence-corrected chi connectivity index (χ1v) is 8.00. The summed E-state index contributed by atoms with van der Waals surface area (Å²) in [6.07, 6.45) is 3.31. The van der Waals surface area contributed by atoms with Crippen LogP contribution in [0.4, 0.5) is 0 Å². The van der Waals surface area contributed by atoms with Crippen LogP contribution in [0.5, 0.6) is 0 Å². The minimum atomic E-state index is -0.104. The standard InChI is InChI=1S/C19H21ClN2O/c1-22(2)18(16-8-4-3-5-9-16)14-21-19(23)12-11-15-7-6-10-17(20)13-15/h3-13,18H,14H2,1-2H3,(H,21,23)/p+1/b12-11+/t18-/m0/s1. The maximum atomic E-state index is 12.0. The molecule has 3 nitrogen and oxygen atoms in total. The summed E-state index contributed by atoms with van der Waals surface area (Å²) in [6, 6.07) is 17.8. The molecule has 0 radical (unpaired) electrons. The summed E-state index contributed by atoms with van der Waals surface area (Å²) in [5.41, 5.74) is 2.12. The molecule has 1 atom stereocenters. The highest BCUT2D eigenvalue weighted by atomic mass is 35.5. The van der Waals surface area contributed by atoms with Crippen molar-refractivity contribution >= 4 is 23.6 Å². The van der Waals surface area contributed by atoms with Gasteiger partial charge < -0.3 is 10.2 Å². The van der Waals surface area contributed by atoms with Gasteiger partial charge in [0.15, 0.2) is 0 Å². The molecule has 23 heavy (non-hydrogen) atoms. The highest BCUT2D eigenvalue weighted by molar-refractivity contribution is 6.30. The van der Waals surface area contributed by atoms with Gasteiger partial charge in [0, 0.05) is 16.7 Å². The van der Waals surface area contributed by atoms with Gasteiger partial charge in [0.2, 0.25) is 5.91 Å². The number of benzene rings is 2. The van der Waals surface area contributed by atoms with E-state index < -0.39 is 0 Å². The normalized spacial score (nSPS) is 12.5. The minimum absolute atomic E-state index is 0.104. The third-order valence-electron chi connectivity index (χ3n) is 3.66. The molecule has 0 aliphatic heterocycles. The first-order chi connectivity index (χ1) is 11.1. The second kappa shape index (κ2) is 8.51. The molecule has 2 N–H and O–H groups in total. The zero-order valence-electron chi connectivity index (χ0n) is 13.4. The summed E-state index contributed by atoms with van der Waals surface area (Å²) in [6.45, 7) is 0.588. The Labute approximate surface area is 142 Å². The van der Waals surface area contributed by atoms with Crippen molar-refractivity contribution in [3.8, 4) is 0 Å². The lowest BCUT2D eigenvalue weighted by molar-refractivity contribution is -0.890. The Morgan fingerprint density at radius 2 is 1.91 bits per heavy atom. The fraction of sp³-hybridized carbons (Fsp3) is 0.211. The molecule has 2 rings (SSSR count). The molecule has 0 spiro atoms. The molecule has 0 aliphatic carbocycles. The van der Waals surface area contributed by atoms with Crippen molar-refractivity contribution in [1.82, 2.24) is 5.32 Å². The molecule has 0 saturated carbocycles. The fourth-order valence-corrected chi connectivity index (χ4v) is 2.58. The van der Waals surface area contributed by atoms with Crippen LogP contribution in [0.15, 0.2) is 60.7 Å². The monoisotopic (exact) mass is 329 g/mol. The zero-order chi connectivity index (χ0) is 16.7. The predicted octanol–water partition coefficient (Wildman–Crippen LogP) is 2.36. The van der Waals surface area contributed by atoms with Crippen LogP contribution in [0, 0.1) is 0 Å². The van der Waals surface area contributed by atoms with E-state index in [4.69, 9.17) is 11.6 Å². The van der Waals surface area contributed by atoms with Crippen LogP contribution >= 0.6 is 11.6 Å². The van der Waals surface area contributed by atoms with E-state index in [1.807, 2.05) is 42.5 Å². The lowest BCUT2D eigenvalue weighted by atomic mass is 10.1. The molecule has 0 heterocycles. The number of carbonyl (C=O) groups excluding carboxylic acids is 1. The number of hydrogen-bond acceptors (Lipinski definition) is 1. The van der Waals surface area contributed by atoms with E-state index in [-0.39, 0.29) is 11.9 Å². The third-order valence-corrected chi connectivity index (χ3v) is 3.89. The minimum Gasteiger partial charge on any atom is -0.346 e. The molecule has 2 aromatic rings. The van der Waals surface area contributed by atoms with E-state index in [2.05, 4.69) is 31.5 Å². The number of likely N-dealkylation sites (N-methyl/N-ethyl adjacent to an activating group) is 1. The van der Waals surface area contributed by atoms with Crippen LogP contribution in [-0.4, -0.2) is 26.5 Å². The van der Waals surface area contributed by atoms with Gasteiger partial charge in [-0.3, -0.25) is 4.79 Å². The second-order valence-corrected chi connectivity index (χ2v) is 6.11. The first-order valence-electron chi connectivity index (χ1n) is 7.62. The molecule has 0 aliphatic rings. The van der Waals surface area contributed by atoms with Gasteiger partial charge in [-0.1, -0.05) is 54.1 Å². The van der Waals surface area contributed by atoms with Crippen molar-refractivity contribution in [2.75, 3.05) is 20.6 Å². The Morgan fingerprint density at radius 3 is 2.57 bits per heavy atom. The number of amides is 1. The zero-order valence-corrected chi connectivity index (χ0v) is 14.2. The summed E-state index contributed by atoms with van der Waals surface area (Å²) in [7, 11) is 4.18. The summed E-state index contributed by atoms with van der Waals surface area (Å²) >= 11 is 5.93. The van der Waals surface area contributed by atoms with E-state index in [1.165, 1.54) is 10.5 Å². The Kier molecular flexibility index (Phi) is 6.39. The van der Waals surface area contributed by atoms with Crippen molar-refractivity contribution in [2.45, 2.75) is 6.04 Å². The Balaban J connectivity index is 1.94. The molecule has 120 valence electrons. The number of hydrogen-bond donors (Lipinski definition) is 2. The average molecular weight is 330 g/mol. The molecular weight excluding hydrogens is 308 g/mol. The van der Waals surface area contributed by atoms with Gasteiger partial charge in [-0.25, -0.2) is 0 Å². The van der Waals surface area contributed by atoms with Gasteiger partial charge in [0.1, 0.15) is 6.04 Å². The summed E-state index contributed by atoms with van der Waals surface area (Å²) in [5, 5.41) is 3.63. The quantitative estimate of drug-likeness (QED) is 0.784. The Bertz CT molecular complexity index is 668. The van der Waals surface area contributed by atoms with Gasteiger partial charge >= 0.3 is 0 Å². The largest absolute Gasteiger partial charge is 0.346 e. The smallest absolute Gasteiger partial charge is 0.244 e. The van der Waals surface area contributed by atoms with E-state index >= 15 is 0 Å². The lowest BCUT2D eigenvalue weighted by Gasteiger charge is -2.21. The van der Waals surface area contributed by atoms with Crippen molar-refractivity contribution in [1.29, 1.82) is 0 Å². The van der Waals surface area contributed by atoms with Crippen LogP contribution in [-0.2, 0) is 4.79 Å². The number of nitrogens with one attached hydrogen (secondary N) is 2. The second-order valence-electron chi connectivity index (χ2n) is 5.67. The van der Waals surface area contributed by atoms with E-state index in [0.717, 1.165) is 5.56 Å². The van der Waals surface area contributed by atoms with Gasteiger partial charge in [-0.05, 0) is 23.8 Å². The van der Waals surface area contributed by atoms with Gasteiger partial charge in [0.25, 0.3) is 0 Å². The van der Waals surface area contributed by atoms with Crippen LogP contribution in [0.2, 0.25) is 5.02 Å². The first kappa shape index (κ1) is 17.3. The molecule has 0 unspecified atom stereocenters. The van der Waals surface area contributed by atoms with Gasteiger partial charge in [-0.15, -0.1) is 0 Å².